The van der Waals surface area contributed by atoms with Crippen molar-refractivity contribution in [2.45, 2.75) is 19.3 Å². The number of fused-ring (bicyclic) bond motifs is 2. The topological polar surface area (TPSA) is 33.2 Å². The van der Waals surface area contributed by atoms with Gasteiger partial charge in [-0.3, -0.25) is 4.79 Å². The van der Waals surface area contributed by atoms with E-state index in [1.807, 2.05) is 29.2 Å². The van der Waals surface area contributed by atoms with Gasteiger partial charge in [0.1, 0.15) is 5.69 Å². The summed E-state index contributed by atoms with van der Waals surface area (Å²) in [6.07, 6.45) is 3.85. The number of pyridine rings is 1. The molecule has 4 rings (SSSR count). The first-order valence-electron chi connectivity index (χ1n) is 7.57. The minimum Gasteiger partial charge on any atom is -0.337 e. The van der Waals surface area contributed by atoms with Crippen molar-refractivity contribution in [3.8, 4) is 0 Å². The molecule has 3 nitrogen and oxygen atoms in total. The maximum Gasteiger partial charge on any atom is 0.272 e. The van der Waals surface area contributed by atoms with Gasteiger partial charge in [0.25, 0.3) is 5.91 Å². The van der Waals surface area contributed by atoms with Crippen LogP contribution in [0.5, 0.6) is 0 Å². The minimum atomic E-state index is 0.0250. The maximum absolute atomic E-state index is 12.7. The average Bonchev–Trinajstić information content (AvgIpc) is 3.07. The molecule has 2 heterocycles. The number of carbonyl (C=O) groups excluding carboxylic acids is 1. The fourth-order valence-corrected chi connectivity index (χ4v) is 4.07. The molecule has 1 saturated carbocycles. The van der Waals surface area contributed by atoms with Crippen LogP contribution in [0.3, 0.4) is 0 Å². The number of halogens is 1. The fourth-order valence-electron chi connectivity index (χ4n) is 3.81. The van der Waals surface area contributed by atoms with Crippen molar-refractivity contribution >= 4 is 28.4 Å². The molecule has 0 spiro atoms. The number of nitrogens with zero attached hydrogens (tertiary/aromatic N) is 2. The first kappa shape index (κ1) is 13.1. The van der Waals surface area contributed by atoms with Crippen molar-refractivity contribution in [1.29, 1.82) is 0 Å². The molecular weight excluding hydrogens is 284 g/mol. The number of hydrogen-bond donors (Lipinski definition) is 0. The molecule has 0 N–H and O–H groups in total. The van der Waals surface area contributed by atoms with Crippen LogP contribution in [0.1, 0.15) is 29.8 Å². The summed E-state index contributed by atoms with van der Waals surface area (Å²) in [7, 11) is 0. The van der Waals surface area contributed by atoms with E-state index in [2.05, 4.69) is 4.98 Å². The molecule has 2 aliphatic rings. The Balaban J connectivity index is 1.65. The molecule has 1 amide bonds. The molecule has 1 saturated heterocycles. The van der Waals surface area contributed by atoms with Gasteiger partial charge in [-0.1, -0.05) is 36.2 Å². The number of aromatic nitrogens is 1. The van der Waals surface area contributed by atoms with E-state index in [1.165, 1.54) is 19.3 Å². The van der Waals surface area contributed by atoms with E-state index < -0.39 is 0 Å². The van der Waals surface area contributed by atoms with Crippen LogP contribution in [0.25, 0.3) is 10.9 Å². The molecule has 0 radical (unpaired) electrons. The average molecular weight is 301 g/mol. The summed E-state index contributed by atoms with van der Waals surface area (Å²) in [5.74, 6) is 1.42. The molecule has 2 unspecified atom stereocenters. The van der Waals surface area contributed by atoms with Crippen LogP contribution < -0.4 is 0 Å². The highest BCUT2D eigenvalue weighted by molar-refractivity contribution is 6.35. The Morgan fingerprint density at radius 1 is 1.19 bits per heavy atom. The van der Waals surface area contributed by atoms with Gasteiger partial charge >= 0.3 is 0 Å². The predicted octanol–water partition coefficient (Wildman–Crippen LogP) is 3.76. The van der Waals surface area contributed by atoms with E-state index in [0.29, 0.717) is 22.6 Å². The van der Waals surface area contributed by atoms with Crippen LogP contribution in [0.2, 0.25) is 5.02 Å². The van der Waals surface area contributed by atoms with Gasteiger partial charge < -0.3 is 4.90 Å². The van der Waals surface area contributed by atoms with Crippen LogP contribution in [0.4, 0.5) is 0 Å². The second kappa shape index (κ2) is 4.99. The van der Waals surface area contributed by atoms with Crippen LogP contribution in [0, 0.1) is 11.8 Å². The number of rotatable bonds is 1. The highest BCUT2D eigenvalue weighted by atomic mass is 35.5. The number of carbonyl (C=O) groups is 1. The van der Waals surface area contributed by atoms with E-state index in [-0.39, 0.29) is 5.91 Å². The summed E-state index contributed by atoms with van der Waals surface area (Å²) in [4.78, 5) is 19.1. The van der Waals surface area contributed by atoms with Crippen LogP contribution >= 0.6 is 11.6 Å². The summed E-state index contributed by atoms with van der Waals surface area (Å²) >= 11 is 6.30. The maximum atomic E-state index is 12.7. The van der Waals surface area contributed by atoms with E-state index >= 15 is 0 Å². The second-order valence-corrected chi connectivity index (χ2v) is 6.57. The zero-order valence-electron chi connectivity index (χ0n) is 11.8. The van der Waals surface area contributed by atoms with Gasteiger partial charge in [-0.2, -0.15) is 0 Å². The minimum absolute atomic E-state index is 0.0250. The smallest absolute Gasteiger partial charge is 0.272 e. The molecule has 2 fully saturated rings. The summed E-state index contributed by atoms with van der Waals surface area (Å²) in [6.45, 7) is 1.77. The van der Waals surface area contributed by atoms with E-state index in [9.17, 15) is 4.79 Å². The lowest BCUT2D eigenvalue weighted by Gasteiger charge is -2.17. The summed E-state index contributed by atoms with van der Waals surface area (Å²) in [5, 5.41) is 1.50. The summed E-state index contributed by atoms with van der Waals surface area (Å²) in [6, 6.07) is 9.38. The van der Waals surface area contributed by atoms with Gasteiger partial charge in [0.15, 0.2) is 0 Å². The lowest BCUT2D eigenvalue weighted by atomic mass is 10.0. The Morgan fingerprint density at radius 2 is 1.90 bits per heavy atom. The van der Waals surface area contributed by atoms with E-state index in [0.717, 1.165) is 24.0 Å². The second-order valence-electron chi connectivity index (χ2n) is 6.17. The zero-order chi connectivity index (χ0) is 14.4. The van der Waals surface area contributed by atoms with Gasteiger partial charge in [-0.15, -0.1) is 0 Å². The summed E-state index contributed by atoms with van der Waals surface area (Å²) < 4.78 is 0. The molecule has 4 heteroatoms. The normalized spacial score (nSPS) is 24.5. The molecule has 1 aliphatic heterocycles. The van der Waals surface area contributed by atoms with Crippen LogP contribution in [-0.2, 0) is 0 Å². The zero-order valence-corrected chi connectivity index (χ0v) is 12.5. The van der Waals surface area contributed by atoms with Crippen molar-refractivity contribution < 1.29 is 4.79 Å². The Labute approximate surface area is 128 Å². The Bertz CT molecular complexity index is 703. The highest BCUT2D eigenvalue weighted by Gasteiger charge is 2.38. The molecule has 2 aromatic rings. The van der Waals surface area contributed by atoms with Gasteiger partial charge in [-0.05, 0) is 36.8 Å². The first-order chi connectivity index (χ1) is 10.2. The fraction of sp³-hybridized carbons (Fsp3) is 0.412. The Kier molecular flexibility index (Phi) is 3.11. The molecule has 1 aromatic carbocycles. The van der Waals surface area contributed by atoms with Crippen LogP contribution in [-0.4, -0.2) is 28.9 Å². The predicted molar refractivity (Wildman–Crippen MR) is 83.5 cm³/mol. The molecule has 2 atom stereocenters. The highest BCUT2D eigenvalue weighted by Crippen LogP contribution is 2.38. The van der Waals surface area contributed by atoms with Gasteiger partial charge in [0.05, 0.1) is 10.5 Å². The van der Waals surface area contributed by atoms with E-state index in [4.69, 9.17) is 11.6 Å². The standard InChI is InChI=1S/C17H17ClN2O/c18-14-8-16(19-15-7-2-1-6-13(14)15)17(21)20-9-11-4-3-5-12(11)10-20/h1-2,6-8,11-12H,3-5,9-10H2. The Hall–Kier alpha value is -1.61. The third-order valence-electron chi connectivity index (χ3n) is 4.90. The molecule has 1 aliphatic carbocycles. The lowest BCUT2D eigenvalue weighted by Crippen LogP contribution is -2.30. The largest absolute Gasteiger partial charge is 0.337 e. The SMILES string of the molecule is O=C(c1cc(Cl)c2ccccc2n1)N1CC2CCCC2C1. The summed E-state index contributed by atoms with van der Waals surface area (Å²) in [5.41, 5.74) is 1.26. The van der Waals surface area contributed by atoms with E-state index in [1.54, 1.807) is 6.07 Å². The van der Waals surface area contributed by atoms with Crippen molar-refractivity contribution in [3.63, 3.8) is 0 Å². The number of para-hydroxylation sites is 1. The third kappa shape index (κ3) is 2.20. The lowest BCUT2D eigenvalue weighted by molar-refractivity contribution is 0.0775. The Morgan fingerprint density at radius 3 is 2.67 bits per heavy atom. The molecular formula is C17H17ClN2O. The molecule has 21 heavy (non-hydrogen) atoms. The van der Waals surface area contributed by atoms with Crippen molar-refractivity contribution in [2.24, 2.45) is 11.8 Å². The van der Waals surface area contributed by atoms with Gasteiger partial charge in [0.2, 0.25) is 0 Å². The quantitative estimate of drug-likeness (QED) is 0.803. The van der Waals surface area contributed by atoms with Crippen molar-refractivity contribution in [3.05, 3.63) is 41.0 Å². The monoisotopic (exact) mass is 300 g/mol. The third-order valence-corrected chi connectivity index (χ3v) is 5.21. The van der Waals surface area contributed by atoms with Crippen molar-refractivity contribution in [1.82, 2.24) is 9.88 Å². The number of benzene rings is 1. The van der Waals surface area contributed by atoms with Crippen LogP contribution in [0.15, 0.2) is 30.3 Å². The molecule has 0 bridgehead atoms. The number of amides is 1. The van der Waals surface area contributed by atoms with Gasteiger partial charge in [0, 0.05) is 18.5 Å². The first-order valence-corrected chi connectivity index (χ1v) is 7.95. The number of hydrogen-bond acceptors (Lipinski definition) is 2. The van der Waals surface area contributed by atoms with Gasteiger partial charge in [-0.25, -0.2) is 4.98 Å². The molecule has 1 aromatic heterocycles. The van der Waals surface area contributed by atoms with Crippen molar-refractivity contribution in [2.75, 3.05) is 13.1 Å². The molecule has 108 valence electrons. The number of likely N-dealkylation sites (tertiary alicyclic amines) is 1.